The summed E-state index contributed by atoms with van der Waals surface area (Å²) < 4.78 is 6.79. The molecule has 1 saturated heterocycles. The lowest BCUT2D eigenvalue weighted by Gasteiger charge is -2.33. The van der Waals surface area contributed by atoms with Crippen LogP contribution in [0.1, 0.15) is 23.2 Å². The van der Waals surface area contributed by atoms with Crippen LogP contribution in [0.5, 0.6) is 0 Å². The van der Waals surface area contributed by atoms with Crippen molar-refractivity contribution >= 4 is 23.5 Å². The number of benzene rings is 1. The summed E-state index contributed by atoms with van der Waals surface area (Å²) in [6.07, 6.45) is 3.80. The second-order valence-corrected chi connectivity index (χ2v) is 6.47. The van der Waals surface area contributed by atoms with Crippen LogP contribution >= 0.6 is 11.6 Å². The molecule has 1 amide bonds. The van der Waals surface area contributed by atoms with Gasteiger partial charge in [0.25, 0.3) is 5.91 Å². The minimum atomic E-state index is -0.972. The molecule has 0 spiro atoms. The Morgan fingerprint density at radius 3 is 2.60 bits per heavy atom. The van der Waals surface area contributed by atoms with Gasteiger partial charge in [0, 0.05) is 31.0 Å². The zero-order valence-electron chi connectivity index (χ0n) is 13.4. The molecule has 1 fully saturated rings. The molecule has 2 heterocycles. The molecule has 1 aromatic carbocycles. The van der Waals surface area contributed by atoms with E-state index in [0.717, 1.165) is 5.69 Å². The van der Waals surface area contributed by atoms with Gasteiger partial charge >= 0.3 is 5.97 Å². The van der Waals surface area contributed by atoms with Gasteiger partial charge < -0.3 is 15.2 Å². The van der Waals surface area contributed by atoms with Gasteiger partial charge in [-0.05, 0) is 37.1 Å². The van der Waals surface area contributed by atoms with Gasteiger partial charge in [0.05, 0.1) is 22.9 Å². The summed E-state index contributed by atoms with van der Waals surface area (Å²) in [6.45, 7) is 0.837. The van der Waals surface area contributed by atoms with Crippen molar-refractivity contribution in [2.75, 3.05) is 19.8 Å². The molecule has 0 radical (unpaired) electrons. The van der Waals surface area contributed by atoms with E-state index in [2.05, 4.69) is 10.4 Å². The van der Waals surface area contributed by atoms with Crippen LogP contribution in [-0.4, -0.2) is 46.5 Å². The smallest absolute Gasteiger partial charge is 0.311 e. The van der Waals surface area contributed by atoms with Crippen LogP contribution in [-0.2, 0) is 9.53 Å². The Bertz CT molecular complexity index is 766. The molecule has 2 N–H and O–H groups in total. The maximum atomic E-state index is 12.3. The summed E-state index contributed by atoms with van der Waals surface area (Å²) >= 11 is 5.86. The van der Waals surface area contributed by atoms with Gasteiger partial charge in [-0.2, -0.15) is 5.10 Å². The SMILES string of the molecule is O=C(NCC1(C(=O)O)CCOCC1)c1cnn(-c2ccc(Cl)cc2)c1. The summed E-state index contributed by atoms with van der Waals surface area (Å²) in [5.41, 5.74) is 0.164. The van der Waals surface area contributed by atoms with Crippen molar-refractivity contribution in [3.05, 3.63) is 47.2 Å². The molecule has 2 aromatic rings. The molecular weight excluding hydrogens is 346 g/mol. The molecule has 0 bridgehead atoms. The number of carbonyl (C=O) groups is 2. The number of nitrogens with zero attached hydrogens (tertiary/aromatic N) is 2. The van der Waals surface area contributed by atoms with Gasteiger partial charge in [-0.1, -0.05) is 11.6 Å². The maximum Gasteiger partial charge on any atom is 0.311 e. The number of carbonyl (C=O) groups excluding carboxylic acids is 1. The largest absolute Gasteiger partial charge is 0.481 e. The van der Waals surface area contributed by atoms with Crippen LogP contribution in [0.3, 0.4) is 0 Å². The predicted molar refractivity (Wildman–Crippen MR) is 91.0 cm³/mol. The fourth-order valence-corrected chi connectivity index (χ4v) is 2.88. The molecule has 0 atom stereocenters. The third kappa shape index (κ3) is 3.83. The third-order valence-corrected chi connectivity index (χ3v) is 4.68. The lowest BCUT2D eigenvalue weighted by atomic mass is 9.80. The number of aliphatic carboxylic acids is 1. The highest BCUT2D eigenvalue weighted by Crippen LogP contribution is 2.30. The average molecular weight is 364 g/mol. The van der Waals surface area contributed by atoms with E-state index in [1.54, 1.807) is 35.1 Å². The molecule has 0 aliphatic carbocycles. The lowest BCUT2D eigenvalue weighted by molar-refractivity contribution is -0.154. The number of hydrogen-bond acceptors (Lipinski definition) is 4. The molecule has 8 heteroatoms. The summed E-state index contributed by atoms with van der Waals surface area (Å²) in [5, 5.41) is 17.0. The second-order valence-electron chi connectivity index (χ2n) is 6.03. The molecule has 1 aliphatic rings. The number of nitrogens with one attached hydrogen (secondary N) is 1. The van der Waals surface area contributed by atoms with Crippen LogP contribution in [0, 0.1) is 5.41 Å². The Balaban J connectivity index is 1.67. The molecule has 3 rings (SSSR count). The van der Waals surface area contributed by atoms with Crippen LogP contribution in [0.15, 0.2) is 36.7 Å². The fourth-order valence-electron chi connectivity index (χ4n) is 2.76. The topological polar surface area (TPSA) is 93.5 Å². The molecule has 1 aliphatic heterocycles. The minimum absolute atomic E-state index is 0.0661. The summed E-state index contributed by atoms with van der Waals surface area (Å²) in [5.74, 6) is -1.26. The number of ether oxygens (including phenoxy) is 1. The van der Waals surface area contributed by atoms with Crippen LogP contribution in [0.4, 0.5) is 0 Å². The van der Waals surface area contributed by atoms with E-state index in [0.29, 0.717) is 36.6 Å². The Labute approximate surface area is 149 Å². The fraction of sp³-hybridized carbons (Fsp3) is 0.353. The van der Waals surface area contributed by atoms with E-state index in [4.69, 9.17) is 16.3 Å². The van der Waals surface area contributed by atoms with E-state index in [9.17, 15) is 14.7 Å². The van der Waals surface area contributed by atoms with E-state index in [-0.39, 0.29) is 12.5 Å². The molecule has 7 nitrogen and oxygen atoms in total. The van der Waals surface area contributed by atoms with Crippen LogP contribution in [0.2, 0.25) is 5.02 Å². The van der Waals surface area contributed by atoms with Gasteiger partial charge in [0.15, 0.2) is 0 Å². The number of halogens is 1. The highest BCUT2D eigenvalue weighted by Gasteiger charge is 2.40. The number of carboxylic acids is 1. The van der Waals surface area contributed by atoms with E-state index >= 15 is 0 Å². The minimum Gasteiger partial charge on any atom is -0.481 e. The van der Waals surface area contributed by atoms with Crippen molar-refractivity contribution in [2.45, 2.75) is 12.8 Å². The van der Waals surface area contributed by atoms with Gasteiger partial charge in [-0.15, -0.1) is 0 Å². The van der Waals surface area contributed by atoms with Crippen LogP contribution in [0.25, 0.3) is 5.69 Å². The van der Waals surface area contributed by atoms with E-state index < -0.39 is 11.4 Å². The molecule has 25 heavy (non-hydrogen) atoms. The Morgan fingerprint density at radius 2 is 1.96 bits per heavy atom. The van der Waals surface area contributed by atoms with Crippen molar-refractivity contribution < 1.29 is 19.4 Å². The number of amides is 1. The quantitative estimate of drug-likeness (QED) is 0.848. The molecule has 1 aromatic heterocycles. The summed E-state index contributed by atoms with van der Waals surface area (Å²) in [7, 11) is 0. The number of hydrogen-bond donors (Lipinski definition) is 2. The number of carboxylic acid groups (broad SMARTS) is 1. The number of aromatic nitrogens is 2. The first-order chi connectivity index (χ1) is 12.0. The second kappa shape index (κ2) is 7.25. The van der Waals surface area contributed by atoms with Gasteiger partial charge in [-0.25, -0.2) is 4.68 Å². The van der Waals surface area contributed by atoms with Crippen molar-refractivity contribution in [3.63, 3.8) is 0 Å². The predicted octanol–water partition coefficient (Wildman–Crippen LogP) is 2.14. The van der Waals surface area contributed by atoms with Crippen molar-refractivity contribution in [1.82, 2.24) is 15.1 Å². The normalized spacial score (nSPS) is 16.4. The zero-order valence-corrected chi connectivity index (χ0v) is 14.2. The van der Waals surface area contributed by atoms with Crippen molar-refractivity contribution in [1.29, 1.82) is 0 Å². The first kappa shape index (κ1) is 17.4. The lowest BCUT2D eigenvalue weighted by Crippen LogP contribution is -2.46. The van der Waals surface area contributed by atoms with Crippen molar-refractivity contribution in [2.24, 2.45) is 5.41 Å². The summed E-state index contributed by atoms with van der Waals surface area (Å²) in [6, 6.07) is 7.05. The Kier molecular flexibility index (Phi) is 5.06. The first-order valence-corrected chi connectivity index (χ1v) is 8.28. The zero-order chi connectivity index (χ0) is 17.9. The average Bonchev–Trinajstić information content (AvgIpc) is 3.11. The molecule has 132 valence electrons. The van der Waals surface area contributed by atoms with Crippen molar-refractivity contribution in [3.8, 4) is 5.69 Å². The van der Waals surface area contributed by atoms with Crippen LogP contribution < -0.4 is 5.32 Å². The monoisotopic (exact) mass is 363 g/mol. The highest BCUT2D eigenvalue weighted by atomic mass is 35.5. The maximum absolute atomic E-state index is 12.3. The molecule has 0 saturated carbocycles. The standard InChI is InChI=1S/C17H18ClN3O4/c18-13-1-3-14(4-2-13)21-10-12(9-20-21)15(22)19-11-17(16(23)24)5-7-25-8-6-17/h1-4,9-10H,5-8,11H2,(H,19,22)(H,23,24). The van der Waals surface area contributed by atoms with Gasteiger partial charge in [0.1, 0.15) is 0 Å². The Morgan fingerprint density at radius 1 is 1.28 bits per heavy atom. The van der Waals surface area contributed by atoms with E-state index in [1.165, 1.54) is 6.20 Å². The number of rotatable bonds is 5. The third-order valence-electron chi connectivity index (χ3n) is 4.43. The van der Waals surface area contributed by atoms with Gasteiger partial charge in [-0.3, -0.25) is 9.59 Å². The first-order valence-electron chi connectivity index (χ1n) is 7.90. The highest BCUT2D eigenvalue weighted by molar-refractivity contribution is 6.30. The molecule has 0 unspecified atom stereocenters. The molecular formula is C17H18ClN3O4. The van der Waals surface area contributed by atoms with E-state index in [1.807, 2.05) is 0 Å². The summed E-state index contributed by atoms with van der Waals surface area (Å²) in [4.78, 5) is 23.9. The Hall–Kier alpha value is -2.38. The van der Waals surface area contributed by atoms with Gasteiger partial charge in [0.2, 0.25) is 0 Å².